The van der Waals surface area contributed by atoms with E-state index in [4.69, 9.17) is 4.42 Å². The van der Waals surface area contributed by atoms with Gasteiger partial charge in [0, 0.05) is 13.5 Å². The Morgan fingerprint density at radius 3 is 2.68 bits per heavy atom. The molecule has 0 bridgehead atoms. The Hall–Kier alpha value is -0.860. The molecule has 1 aromatic rings. The second-order valence-corrected chi connectivity index (χ2v) is 6.93. The highest BCUT2D eigenvalue weighted by Crippen LogP contribution is 2.16. The normalized spacial score (nSPS) is 11.8. The molecule has 0 atom stereocenters. The number of carbonyl (C=O) groups excluding carboxylic acids is 1. The summed E-state index contributed by atoms with van der Waals surface area (Å²) in [5.74, 6) is 0.0410. The lowest BCUT2D eigenvalue weighted by Gasteiger charge is -2.15. The molecular formula is C11H16BrNO5S. The molecule has 8 heteroatoms. The van der Waals surface area contributed by atoms with Crippen molar-refractivity contribution in [3.05, 3.63) is 22.6 Å². The van der Waals surface area contributed by atoms with Gasteiger partial charge in [0.15, 0.2) is 4.67 Å². The molecule has 0 unspecified atom stereocenters. The SMILES string of the molecule is COC(=O)CCCS(=O)(=O)N(C)Cc1ccc(Br)o1. The molecule has 6 nitrogen and oxygen atoms in total. The number of methoxy groups -OCH3 is 1. The summed E-state index contributed by atoms with van der Waals surface area (Å²) in [5, 5.41) is 0. The summed E-state index contributed by atoms with van der Waals surface area (Å²) in [6.07, 6.45) is 0.330. The van der Waals surface area contributed by atoms with Crippen LogP contribution in [0.1, 0.15) is 18.6 Å². The molecule has 0 aliphatic heterocycles. The molecule has 0 aliphatic carbocycles. The molecule has 0 aliphatic rings. The summed E-state index contributed by atoms with van der Waals surface area (Å²) in [6, 6.07) is 3.40. The Balaban J connectivity index is 2.49. The van der Waals surface area contributed by atoms with Crippen LogP contribution in [0.25, 0.3) is 0 Å². The predicted molar refractivity (Wildman–Crippen MR) is 72.9 cm³/mol. The van der Waals surface area contributed by atoms with Crippen molar-refractivity contribution < 1.29 is 22.4 Å². The zero-order valence-corrected chi connectivity index (χ0v) is 13.2. The van der Waals surface area contributed by atoms with Gasteiger partial charge in [-0.25, -0.2) is 8.42 Å². The number of halogens is 1. The third-order valence-corrected chi connectivity index (χ3v) is 4.80. The minimum absolute atomic E-state index is 0.0931. The van der Waals surface area contributed by atoms with Crippen LogP contribution >= 0.6 is 15.9 Å². The lowest BCUT2D eigenvalue weighted by Crippen LogP contribution is -2.29. The van der Waals surface area contributed by atoms with Crippen LogP contribution in [0.15, 0.2) is 21.2 Å². The Morgan fingerprint density at radius 1 is 1.47 bits per heavy atom. The number of furan rings is 1. The van der Waals surface area contributed by atoms with Gasteiger partial charge < -0.3 is 9.15 Å². The maximum Gasteiger partial charge on any atom is 0.305 e. The molecule has 0 spiro atoms. The second kappa shape index (κ2) is 7.06. The van der Waals surface area contributed by atoms with Crippen molar-refractivity contribution in [3.63, 3.8) is 0 Å². The number of esters is 1. The summed E-state index contributed by atoms with van der Waals surface area (Å²) in [6.45, 7) is 0.159. The zero-order chi connectivity index (χ0) is 14.5. The van der Waals surface area contributed by atoms with Crippen molar-refractivity contribution in [3.8, 4) is 0 Å². The van der Waals surface area contributed by atoms with E-state index < -0.39 is 16.0 Å². The van der Waals surface area contributed by atoms with Crippen molar-refractivity contribution >= 4 is 31.9 Å². The molecule has 0 fully saturated rings. The Labute approximate surface area is 120 Å². The molecule has 0 amide bonds. The lowest BCUT2D eigenvalue weighted by atomic mass is 10.3. The van der Waals surface area contributed by atoms with Crippen molar-refractivity contribution in [1.82, 2.24) is 4.31 Å². The van der Waals surface area contributed by atoms with E-state index in [-0.39, 0.29) is 25.1 Å². The summed E-state index contributed by atoms with van der Waals surface area (Å²) in [5.41, 5.74) is 0. The molecule has 1 heterocycles. The molecule has 0 N–H and O–H groups in total. The molecule has 0 saturated carbocycles. The Bertz CT molecular complexity index is 525. The monoisotopic (exact) mass is 353 g/mol. The van der Waals surface area contributed by atoms with Gasteiger partial charge in [-0.05, 0) is 34.5 Å². The number of ether oxygens (including phenoxy) is 1. The summed E-state index contributed by atoms with van der Waals surface area (Å²) >= 11 is 3.15. The number of hydrogen-bond donors (Lipinski definition) is 0. The number of sulfonamides is 1. The highest BCUT2D eigenvalue weighted by atomic mass is 79.9. The van der Waals surface area contributed by atoms with Crippen LogP contribution in [0, 0.1) is 0 Å². The second-order valence-electron chi connectivity index (χ2n) is 3.96. The number of hydrogen-bond acceptors (Lipinski definition) is 5. The fourth-order valence-corrected chi connectivity index (χ4v) is 2.90. The minimum Gasteiger partial charge on any atom is -0.469 e. The molecule has 1 aromatic heterocycles. The quantitative estimate of drug-likeness (QED) is 0.698. The van der Waals surface area contributed by atoms with Crippen molar-refractivity contribution in [2.45, 2.75) is 19.4 Å². The molecule has 0 saturated heterocycles. The van der Waals surface area contributed by atoms with Gasteiger partial charge in [-0.15, -0.1) is 0 Å². The largest absolute Gasteiger partial charge is 0.469 e. The van der Waals surface area contributed by atoms with Crippen LogP contribution in [0.5, 0.6) is 0 Å². The van der Waals surface area contributed by atoms with E-state index in [9.17, 15) is 13.2 Å². The van der Waals surface area contributed by atoms with Crippen LogP contribution in [0.2, 0.25) is 0 Å². The number of carbonyl (C=O) groups is 1. The van der Waals surface area contributed by atoms with E-state index in [0.29, 0.717) is 10.4 Å². The third kappa shape index (κ3) is 5.33. The van der Waals surface area contributed by atoms with E-state index in [1.165, 1.54) is 18.5 Å². The van der Waals surface area contributed by atoms with Gasteiger partial charge >= 0.3 is 5.97 Å². The third-order valence-electron chi connectivity index (χ3n) is 2.49. The van der Waals surface area contributed by atoms with Gasteiger partial charge in [0.05, 0.1) is 19.4 Å². The highest BCUT2D eigenvalue weighted by Gasteiger charge is 2.19. The standard InChI is InChI=1S/C11H16BrNO5S/c1-13(8-9-5-6-10(12)18-9)19(15,16)7-3-4-11(14)17-2/h5-6H,3-4,7-8H2,1-2H3. The van der Waals surface area contributed by atoms with Crippen molar-refractivity contribution in [2.75, 3.05) is 19.9 Å². The van der Waals surface area contributed by atoms with Crippen molar-refractivity contribution in [2.24, 2.45) is 0 Å². The fraction of sp³-hybridized carbons (Fsp3) is 0.545. The average Bonchev–Trinajstić information content (AvgIpc) is 2.74. The first-order valence-electron chi connectivity index (χ1n) is 5.60. The first-order chi connectivity index (χ1) is 8.85. The van der Waals surface area contributed by atoms with Gasteiger partial charge in [0.25, 0.3) is 0 Å². The van der Waals surface area contributed by atoms with Gasteiger partial charge in [0.2, 0.25) is 10.0 Å². The smallest absolute Gasteiger partial charge is 0.305 e. The molecule has 0 aromatic carbocycles. The van der Waals surface area contributed by atoms with Gasteiger partial charge in [-0.2, -0.15) is 4.31 Å². The Morgan fingerprint density at radius 2 is 2.16 bits per heavy atom. The number of nitrogens with zero attached hydrogens (tertiary/aromatic N) is 1. The topological polar surface area (TPSA) is 76.8 Å². The first kappa shape index (κ1) is 16.2. The van der Waals surface area contributed by atoms with E-state index in [1.807, 2.05) is 0 Å². The summed E-state index contributed by atoms with van der Waals surface area (Å²) in [7, 11) is -0.651. The van der Waals surface area contributed by atoms with Crippen LogP contribution in [-0.4, -0.2) is 38.6 Å². The van der Waals surface area contributed by atoms with E-state index in [1.54, 1.807) is 12.1 Å². The van der Waals surface area contributed by atoms with Gasteiger partial charge in [-0.3, -0.25) is 4.79 Å². The maximum absolute atomic E-state index is 11.9. The van der Waals surface area contributed by atoms with Gasteiger partial charge in [0.1, 0.15) is 5.76 Å². The van der Waals surface area contributed by atoms with Crippen LogP contribution in [-0.2, 0) is 26.1 Å². The van der Waals surface area contributed by atoms with E-state index in [0.717, 1.165) is 0 Å². The van der Waals surface area contributed by atoms with Gasteiger partial charge in [-0.1, -0.05) is 0 Å². The Kier molecular flexibility index (Phi) is 6.02. The lowest BCUT2D eigenvalue weighted by molar-refractivity contribution is -0.140. The minimum atomic E-state index is -3.40. The zero-order valence-electron chi connectivity index (χ0n) is 10.8. The number of rotatable bonds is 7. The van der Waals surface area contributed by atoms with Crippen LogP contribution < -0.4 is 0 Å². The summed E-state index contributed by atoms with van der Waals surface area (Å²) in [4.78, 5) is 10.9. The maximum atomic E-state index is 11.9. The molecule has 19 heavy (non-hydrogen) atoms. The molecule has 108 valence electrons. The fourth-order valence-electron chi connectivity index (χ4n) is 1.41. The van der Waals surface area contributed by atoms with Crippen LogP contribution in [0.3, 0.4) is 0 Å². The molecule has 0 radical (unpaired) electrons. The van der Waals surface area contributed by atoms with E-state index >= 15 is 0 Å². The molecule has 1 rings (SSSR count). The molecular weight excluding hydrogens is 338 g/mol. The van der Waals surface area contributed by atoms with Crippen LogP contribution in [0.4, 0.5) is 0 Å². The average molecular weight is 354 g/mol. The highest BCUT2D eigenvalue weighted by molar-refractivity contribution is 9.10. The first-order valence-corrected chi connectivity index (χ1v) is 8.00. The van der Waals surface area contributed by atoms with E-state index in [2.05, 4.69) is 20.7 Å². The predicted octanol–water partition coefficient (Wildman–Crippen LogP) is 1.76. The van der Waals surface area contributed by atoms with Crippen molar-refractivity contribution in [1.29, 1.82) is 0 Å². The summed E-state index contributed by atoms with van der Waals surface area (Å²) < 4.78 is 35.3.